The topological polar surface area (TPSA) is 98.7 Å². The van der Waals surface area contributed by atoms with E-state index in [1.807, 2.05) is 6.92 Å². The predicted octanol–water partition coefficient (Wildman–Crippen LogP) is 0.590. The van der Waals surface area contributed by atoms with Crippen LogP contribution in [0.2, 0.25) is 0 Å². The van der Waals surface area contributed by atoms with E-state index >= 15 is 0 Å². The van der Waals surface area contributed by atoms with Crippen molar-refractivity contribution >= 4 is 17.9 Å². The van der Waals surface area contributed by atoms with Gasteiger partial charge in [-0.25, -0.2) is 9.59 Å². The van der Waals surface area contributed by atoms with Gasteiger partial charge in [0, 0.05) is 13.6 Å². The highest BCUT2D eigenvalue weighted by atomic mass is 16.4. The highest BCUT2D eigenvalue weighted by Crippen LogP contribution is 2.12. The van der Waals surface area contributed by atoms with Crippen LogP contribution in [0.1, 0.15) is 18.5 Å². The van der Waals surface area contributed by atoms with Crippen LogP contribution in [0.4, 0.5) is 4.79 Å². The minimum Gasteiger partial charge on any atom is -0.479 e. The second-order valence-electron chi connectivity index (χ2n) is 4.42. The number of benzene rings is 1. The zero-order valence-corrected chi connectivity index (χ0v) is 12.0. The van der Waals surface area contributed by atoms with Crippen LogP contribution in [-0.2, 0) is 9.59 Å². The van der Waals surface area contributed by atoms with E-state index in [-0.39, 0.29) is 12.5 Å². The van der Waals surface area contributed by atoms with Gasteiger partial charge < -0.3 is 20.6 Å². The summed E-state index contributed by atoms with van der Waals surface area (Å²) in [5.41, 5.74) is 0.456. The third-order valence-corrected chi connectivity index (χ3v) is 2.96. The Balaban J connectivity index is 2.59. The molecular weight excluding hydrogens is 274 g/mol. The van der Waals surface area contributed by atoms with E-state index in [2.05, 4.69) is 10.6 Å². The Morgan fingerprint density at radius 3 is 2.38 bits per heavy atom. The van der Waals surface area contributed by atoms with Gasteiger partial charge in [-0.05, 0) is 12.5 Å². The maximum Gasteiger partial charge on any atom is 0.330 e. The average molecular weight is 293 g/mol. The first kappa shape index (κ1) is 16.5. The minimum atomic E-state index is -1.17. The van der Waals surface area contributed by atoms with E-state index in [9.17, 15) is 14.4 Å². The van der Waals surface area contributed by atoms with Crippen LogP contribution in [0.25, 0.3) is 0 Å². The third-order valence-electron chi connectivity index (χ3n) is 2.96. The number of amides is 3. The molecule has 1 rings (SSSR count). The second-order valence-corrected chi connectivity index (χ2v) is 4.42. The number of nitrogens with zero attached hydrogens (tertiary/aromatic N) is 1. The van der Waals surface area contributed by atoms with Crippen molar-refractivity contribution in [2.75, 3.05) is 20.1 Å². The third kappa shape index (κ3) is 5.13. The van der Waals surface area contributed by atoms with Crippen molar-refractivity contribution in [3.05, 3.63) is 35.9 Å². The summed E-state index contributed by atoms with van der Waals surface area (Å²) in [6, 6.07) is 6.47. The standard InChI is InChI=1S/C14H19N3O4/c1-3-17(2)11(18)9-15-14(21)16-12(13(19)20)10-7-5-4-6-8-10/h4-8,12H,3,9H2,1-2H3,(H,19,20)(H2,15,16,21)/t12-/m1/s1. The van der Waals surface area contributed by atoms with Gasteiger partial charge in [0.15, 0.2) is 6.04 Å². The molecule has 1 aromatic carbocycles. The lowest BCUT2D eigenvalue weighted by molar-refractivity contribution is -0.139. The van der Waals surface area contributed by atoms with Crippen molar-refractivity contribution in [3.63, 3.8) is 0 Å². The Morgan fingerprint density at radius 2 is 1.86 bits per heavy atom. The fourth-order valence-electron chi connectivity index (χ4n) is 1.58. The van der Waals surface area contributed by atoms with E-state index < -0.39 is 18.0 Å². The summed E-state index contributed by atoms with van der Waals surface area (Å²) < 4.78 is 0. The van der Waals surface area contributed by atoms with Crippen LogP contribution < -0.4 is 10.6 Å². The van der Waals surface area contributed by atoms with Gasteiger partial charge in [-0.2, -0.15) is 0 Å². The molecule has 114 valence electrons. The van der Waals surface area contributed by atoms with Gasteiger partial charge >= 0.3 is 12.0 Å². The predicted molar refractivity (Wildman–Crippen MR) is 76.7 cm³/mol. The molecule has 0 aliphatic heterocycles. The number of aliphatic carboxylic acids is 1. The van der Waals surface area contributed by atoms with Gasteiger partial charge in [0.1, 0.15) is 0 Å². The molecule has 21 heavy (non-hydrogen) atoms. The van der Waals surface area contributed by atoms with E-state index in [4.69, 9.17) is 5.11 Å². The van der Waals surface area contributed by atoms with Crippen LogP contribution in [-0.4, -0.2) is 48.1 Å². The summed E-state index contributed by atoms with van der Waals surface area (Å²) in [5, 5.41) is 13.8. The van der Waals surface area contributed by atoms with Gasteiger partial charge in [-0.1, -0.05) is 30.3 Å². The Hall–Kier alpha value is -2.57. The van der Waals surface area contributed by atoms with Crippen molar-refractivity contribution in [2.24, 2.45) is 0 Å². The van der Waals surface area contributed by atoms with Crippen molar-refractivity contribution < 1.29 is 19.5 Å². The lowest BCUT2D eigenvalue weighted by Crippen LogP contribution is -2.45. The minimum absolute atomic E-state index is 0.183. The highest BCUT2D eigenvalue weighted by molar-refractivity contribution is 5.87. The molecule has 0 saturated carbocycles. The van der Waals surface area contributed by atoms with Gasteiger partial charge in [-0.15, -0.1) is 0 Å². The van der Waals surface area contributed by atoms with Crippen molar-refractivity contribution in [1.29, 1.82) is 0 Å². The molecule has 0 spiro atoms. The number of carboxylic acids is 1. The summed E-state index contributed by atoms with van der Waals surface area (Å²) in [5.74, 6) is -1.42. The summed E-state index contributed by atoms with van der Waals surface area (Å²) >= 11 is 0. The van der Waals surface area contributed by atoms with Gasteiger partial charge in [-0.3, -0.25) is 4.79 Å². The number of carboxylic acid groups (broad SMARTS) is 1. The summed E-state index contributed by atoms with van der Waals surface area (Å²) in [4.78, 5) is 35.9. The zero-order valence-electron chi connectivity index (χ0n) is 12.0. The molecule has 3 N–H and O–H groups in total. The Labute approximate surface area is 122 Å². The van der Waals surface area contributed by atoms with Crippen molar-refractivity contribution in [3.8, 4) is 0 Å². The van der Waals surface area contributed by atoms with E-state index in [1.165, 1.54) is 4.90 Å². The smallest absolute Gasteiger partial charge is 0.330 e. The first-order chi connectivity index (χ1) is 9.95. The normalized spacial score (nSPS) is 11.3. The number of rotatable bonds is 6. The number of carbonyl (C=O) groups excluding carboxylic acids is 2. The summed E-state index contributed by atoms with van der Waals surface area (Å²) in [6.07, 6.45) is 0. The quantitative estimate of drug-likeness (QED) is 0.715. The number of urea groups is 1. The van der Waals surface area contributed by atoms with Crippen molar-refractivity contribution in [2.45, 2.75) is 13.0 Å². The Kier molecular flexibility index (Phi) is 6.19. The number of carbonyl (C=O) groups is 3. The molecule has 0 bridgehead atoms. The molecule has 3 amide bonds. The molecule has 0 fully saturated rings. The number of hydrogen-bond donors (Lipinski definition) is 3. The molecule has 0 heterocycles. The molecule has 1 aromatic rings. The van der Waals surface area contributed by atoms with Crippen LogP contribution in [0, 0.1) is 0 Å². The SMILES string of the molecule is CCN(C)C(=O)CNC(=O)N[C@@H](C(=O)O)c1ccccc1. The number of hydrogen-bond acceptors (Lipinski definition) is 3. The first-order valence-electron chi connectivity index (χ1n) is 6.51. The Morgan fingerprint density at radius 1 is 1.24 bits per heavy atom. The monoisotopic (exact) mass is 293 g/mol. The first-order valence-corrected chi connectivity index (χ1v) is 6.51. The van der Waals surface area contributed by atoms with Crippen LogP contribution in [0.5, 0.6) is 0 Å². The highest BCUT2D eigenvalue weighted by Gasteiger charge is 2.22. The van der Waals surface area contributed by atoms with Gasteiger partial charge in [0.05, 0.1) is 6.54 Å². The maximum absolute atomic E-state index is 11.7. The average Bonchev–Trinajstić information content (AvgIpc) is 2.49. The second kappa shape index (κ2) is 7.88. The molecule has 0 saturated heterocycles. The summed E-state index contributed by atoms with van der Waals surface area (Å²) in [7, 11) is 1.62. The molecule has 0 aromatic heterocycles. The molecule has 0 aliphatic carbocycles. The molecule has 0 unspecified atom stereocenters. The summed E-state index contributed by atoms with van der Waals surface area (Å²) in [6.45, 7) is 2.16. The van der Waals surface area contributed by atoms with E-state index in [1.54, 1.807) is 37.4 Å². The molecule has 0 aliphatic rings. The Bertz CT molecular complexity index is 504. The fraction of sp³-hybridized carbons (Fsp3) is 0.357. The molecule has 1 atom stereocenters. The zero-order chi connectivity index (χ0) is 15.8. The van der Waals surface area contributed by atoms with Crippen LogP contribution in [0.15, 0.2) is 30.3 Å². The van der Waals surface area contributed by atoms with E-state index in [0.717, 1.165) is 0 Å². The van der Waals surface area contributed by atoms with Crippen LogP contribution in [0.3, 0.4) is 0 Å². The fourth-order valence-corrected chi connectivity index (χ4v) is 1.58. The lowest BCUT2D eigenvalue weighted by Gasteiger charge is -2.17. The molecule has 7 nitrogen and oxygen atoms in total. The van der Waals surface area contributed by atoms with Crippen molar-refractivity contribution in [1.82, 2.24) is 15.5 Å². The van der Waals surface area contributed by atoms with Crippen LogP contribution >= 0.6 is 0 Å². The molecule has 7 heteroatoms. The van der Waals surface area contributed by atoms with E-state index in [0.29, 0.717) is 12.1 Å². The molecular formula is C14H19N3O4. The van der Waals surface area contributed by atoms with Gasteiger partial charge in [0.25, 0.3) is 0 Å². The lowest BCUT2D eigenvalue weighted by atomic mass is 10.1. The number of likely N-dealkylation sites (N-methyl/N-ethyl adjacent to an activating group) is 1. The van der Waals surface area contributed by atoms with Gasteiger partial charge in [0.2, 0.25) is 5.91 Å². The molecule has 0 radical (unpaired) electrons. The largest absolute Gasteiger partial charge is 0.479 e. The number of nitrogens with one attached hydrogen (secondary N) is 2. The maximum atomic E-state index is 11.7.